The molecule has 1 saturated carbocycles. The zero-order chi connectivity index (χ0) is 27.9. The lowest BCUT2D eigenvalue weighted by Crippen LogP contribution is -2.49. The van der Waals surface area contributed by atoms with E-state index >= 15 is 0 Å². The Kier molecular flexibility index (Phi) is 8.59. The smallest absolute Gasteiger partial charge is 0.306 e. The monoisotopic (exact) mass is 514 g/mol. The summed E-state index contributed by atoms with van der Waals surface area (Å²) in [6.07, 6.45) is 5.82. The van der Waals surface area contributed by atoms with Gasteiger partial charge in [-0.15, -0.1) is 0 Å². The molecule has 37 heavy (non-hydrogen) atoms. The molecule has 7 atom stereocenters. The molecule has 0 spiro atoms. The van der Waals surface area contributed by atoms with E-state index in [0.717, 1.165) is 36.8 Å². The summed E-state index contributed by atoms with van der Waals surface area (Å²) >= 11 is 0. The van der Waals surface area contributed by atoms with Crippen molar-refractivity contribution in [2.24, 2.45) is 39.9 Å². The molecule has 3 rings (SSSR count). The zero-order valence-electron chi connectivity index (χ0n) is 24.3. The number of aliphatic carboxylic acids is 1. The third-order valence-corrected chi connectivity index (χ3v) is 11.1. The summed E-state index contributed by atoms with van der Waals surface area (Å²) in [5.74, 6) is -1.29. The SMILES string of the molecule is C=C(CCC(C(=O)O)[C@H]1[C@H](O)C[C@@]2(C)C3=C(CC[C@]12C)[C@@](C)(CCC(=O)OC)[C@H](C(=C)C)CC3)C(C)C. The highest BCUT2D eigenvalue weighted by Gasteiger charge is 2.65. The van der Waals surface area contributed by atoms with E-state index in [1.54, 1.807) is 0 Å². The molecule has 0 radical (unpaired) electrons. The van der Waals surface area contributed by atoms with Gasteiger partial charge in [-0.25, -0.2) is 0 Å². The lowest BCUT2D eigenvalue weighted by molar-refractivity contribution is -0.148. The van der Waals surface area contributed by atoms with Crippen LogP contribution in [-0.4, -0.2) is 35.4 Å². The van der Waals surface area contributed by atoms with Gasteiger partial charge < -0.3 is 14.9 Å². The highest BCUT2D eigenvalue weighted by molar-refractivity contribution is 5.71. The highest BCUT2D eigenvalue weighted by Crippen LogP contribution is 2.71. The van der Waals surface area contributed by atoms with Crippen molar-refractivity contribution in [2.75, 3.05) is 7.11 Å². The maximum Gasteiger partial charge on any atom is 0.306 e. The van der Waals surface area contributed by atoms with E-state index in [4.69, 9.17) is 4.74 Å². The Morgan fingerprint density at radius 1 is 1.11 bits per heavy atom. The van der Waals surface area contributed by atoms with Crippen LogP contribution in [0, 0.1) is 39.9 Å². The Labute approximate surface area is 224 Å². The normalized spacial score (nSPS) is 36.1. The fourth-order valence-corrected chi connectivity index (χ4v) is 8.60. The summed E-state index contributed by atoms with van der Waals surface area (Å²) in [7, 11) is 1.44. The first-order valence-electron chi connectivity index (χ1n) is 14.2. The second kappa shape index (κ2) is 10.7. The molecule has 3 aliphatic rings. The van der Waals surface area contributed by atoms with Crippen LogP contribution >= 0.6 is 0 Å². The van der Waals surface area contributed by atoms with Crippen LogP contribution in [0.3, 0.4) is 0 Å². The first-order chi connectivity index (χ1) is 17.1. The van der Waals surface area contributed by atoms with Crippen molar-refractivity contribution < 1.29 is 24.5 Å². The number of aliphatic hydroxyl groups excluding tert-OH is 1. The molecule has 0 aliphatic heterocycles. The summed E-state index contributed by atoms with van der Waals surface area (Å²) in [5.41, 5.74) is 4.26. The number of aliphatic hydroxyl groups is 1. The standard InChI is InChI=1S/C32H50O5/c1-19(2)21(5)10-11-22(29(35)36)28-26(33)18-32(8)25-13-12-23(20(3)4)30(6,16-15-27(34)37-9)24(25)14-17-31(28,32)7/h19,22-23,26,28,33H,3,5,10-18H2,1-2,4,6-9H3,(H,35,36)/t22?,23-,26+,28-,30-,31+,32-/m0/s1. The number of carboxylic acid groups (broad SMARTS) is 1. The molecule has 208 valence electrons. The third kappa shape index (κ3) is 4.97. The van der Waals surface area contributed by atoms with Gasteiger partial charge in [0.25, 0.3) is 0 Å². The molecule has 0 aromatic rings. The molecule has 3 aliphatic carbocycles. The number of hydrogen-bond acceptors (Lipinski definition) is 4. The second-order valence-electron chi connectivity index (χ2n) is 13.2. The van der Waals surface area contributed by atoms with Crippen LogP contribution in [0.2, 0.25) is 0 Å². The number of carbonyl (C=O) groups excluding carboxylic acids is 1. The van der Waals surface area contributed by atoms with Crippen molar-refractivity contribution in [1.29, 1.82) is 0 Å². The van der Waals surface area contributed by atoms with Gasteiger partial charge in [0, 0.05) is 12.3 Å². The van der Waals surface area contributed by atoms with Crippen molar-refractivity contribution >= 4 is 11.9 Å². The molecule has 0 saturated heterocycles. The summed E-state index contributed by atoms with van der Waals surface area (Å²) in [6, 6.07) is 0. The Hall–Kier alpha value is -1.88. The Morgan fingerprint density at radius 3 is 2.30 bits per heavy atom. The Morgan fingerprint density at radius 2 is 1.76 bits per heavy atom. The van der Waals surface area contributed by atoms with Crippen LogP contribution in [0.5, 0.6) is 0 Å². The maximum absolute atomic E-state index is 12.6. The minimum Gasteiger partial charge on any atom is -0.481 e. The minimum absolute atomic E-state index is 0.190. The number of hydrogen-bond donors (Lipinski definition) is 2. The Balaban J connectivity index is 2.04. The van der Waals surface area contributed by atoms with Gasteiger partial charge in [0.05, 0.1) is 19.1 Å². The fraction of sp³-hybridized carbons (Fsp3) is 0.750. The molecular formula is C32H50O5. The van der Waals surface area contributed by atoms with Gasteiger partial charge in [-0.05, 0) is 86.4 Å². The van der Waals surface area contributed by atoms with Crippen molar-refractivity contribution in [2.45, 2.75) is 105 Å². The molecule has 5 heteroatoms. The topological polar surface area (TPSA) is 83.8 Å². The van der Waals surface area contributed by atoms with E-state index in [2.05, 4.69) is 54.7 Å². The number of fused-ring (bicyclic) bond motifs is 2. The van der Waals surface area contributed by atoms with Gasteiger partial charge >= 0.3 is 11.9 Å². The average molecular weight is 515 g/mol. The first kappa shape index (κ1) is 29.7. The van der Waals surface area contributed by atoms with E-state index in [1.807, 2.05) is 0 Å². The lowest BCUT2D eigenvalue weighted by Gasteiger charge is -2.57. The number of allylic oxidation sites excluding steroid dienone is 4. The van der Waals surface area contributed by atoms with E-state index < -0.39 is 18.0 Å². The Bertz CT molecular complexity index is 976. The van der Waals surface area contributed by atoms with E-state index in [1.165, 1.54) is 18.3 Å². The average Bonchev–Trinajstić information content (AvgIpc) is 3.02. The molecule has 1 fully saturated rings. The number of carbonyl (C=O) groups is 2. The quantitative estimate of drug-likeness (QED) is 0.240. The summed E-state index contributed by atoms with van der Waals surface area (Å²) in [6.45, 7) is 21.6. The fourth-order valence-electron chi connectivity index (χ4n) is 8.60. The number of ether oxygens (including phenoxy) is 1. The van der Waals surface area contributed by atoms with Crippen LogP contribution in [0.15, 0.2) is 35.5 Å². The van der Waals surface area contributed by atoms with Crippen LogP contribution in [0.4, 0.5) is 0 Å². The van der Waals surface area contributed by atoms with Gasteiger partial charge in [-0.2, -0.15) is 0 Å². The van der Waals surface area contributed by atoms with Gasteiger partial charge in [-0.3, -0.25) is 9.59 Å². The van der Waals surface area contributed by atoms with Crippen molar-refractivity contribution in [3.05, 3.63) is 35.5 Å². The van der Waals surface area contributed by atoms with E-state index in [-0.39, 0.29) is 28.1 Å². The predicted octanol–water partition coefficient (Wildman–Crippen LogP) is 7.11. The van der Waals surface area contributed by atoms with Gasteiger partial charge in [-0.1, -0.05) is 70.1 Å². The number of esters is 1. The van der Waals surface area contributed by atoms with Crippen LogP contribution in [-0.2, 0) is 14.3 Å². The van der Waals surface area contributed by atoms with Gasteiger partial charge in [0.2, 0.25) is 0 Å². The summed E-state index contributed by atoms with van der Waals surface area (Å²) in [4.78, 5) is 24.8. The van der Waals surface area contributed by atoms with Crippen LogP contribution < -0.4 is 0 Å². The molecular weight excluding hydrogens is 464 g/mol. The van der Waals surface area contributed by atoms with E-state index in [0.29, 0.717) is 43.9 Å². The number of rotatable bonds is 10. The minimum atomic E-state index is -0.806. The maximum atomic E-state index is 12.6. The van der Waals surface area contributed by atoms with Crippen molar-refractivity contribution in [1.82, 2.24) is 0 Å². The van der Waals surface area contributed by atoms with Crippen LogP contribution in [0.1, 0.15) is 99.3 Å². The van der Waals surface area contributed by atoms with Crippen molar-refractivity contribution in [3.63, 3.8) is 0 Å². The molecule has 0 heterocycles. The number of carboxylic acids is 1. The summed E-state index contributed by atoms with van der Waals surface area (Å²) in [5, 5.41) is 21.9. The molecule has 1 unspecified atom stereocenters. The largest absolute Gasteiger partial charge is 0.481 e. The third-order valence-electron chi connectivity index (χ3n) is 11.1. The summed E-state index contributed by atoms with van der Waals surface area (Å²) < 4.78 is 4.98. The van der Waals surface area contributed by atoms with Crippen molar-refractivity contribution in [3.8, 4) is 0 Å². The molecule has 0 aromatic heterocycles. The first-order valence-corrected chi connectivity index (χ1v) is 14.2. The highest BCUT2D eigenvalue weighted by atomic mass is 16.5. The molecule has 5 nitrogen and oxygen atoms in total. The number of methoxy groups -OCH3 is 1. The predicted molar refractivity (Wildman–Crippen MR) is 148 cm³/mol. The molecule has 2 N–H and O–H groups in total. The van der Waals surface area contributed by atoms with Gasteiger partial charge in [0.1, 0.15) is 0 Å². The molecule has 0 aromatic carbocycles. The molecule has 0 bridgehead atoms. The van der Waals surface area contributed by atoms with Crippen LogP contribution in [0.25, 0.3) is 0 Å². The van der Waals surface area contributed by atoms with Gasteiger partial charge in [0.15, 0.2) is 0 Å². The lowest BCUT2D eigenvalue weighted by atomic mass is 9.47. The second-order valence-corrected chi connectivity index (χ2v) is 13.2. The van der Waals surface area contributed by atoms with E-state index in [9.17, 15) is 19.8 Å². The zero-order valence-corrected chi connectivity index (χ0v) is 24.3. The molecule has 0 amide bonds.